The van der Waals surface area contributed by atoms with Gasteiger partial charge < -0.3 is 4.90 Å². The molecule has 2 aromatic rings. The van der Waals surface area contributed by atoms with Gasteiger partial charge in [-0.2, -0.15) is 5.26 Å². The zero-order chi connectivity index (χ0) is 13.8. The Balaban J connectivity index is 2.37. The number of hydrogen-bond acceptors (Lipinski definition) is 3. The van der Waals surface area contributed by atoms with E-state index in [-0.39, 0.29) is 11.1 Å². The van der Waals surface area contributed by atoms with Crippen LogP contribution in [0, 0.1) is 11.3 Å². The molecule has 5 heteroatoms. The topological polar surface area (TPSA) is 57.0 Å². The summed E-state index contributed by atoms with van der Waals surface area (Å²) in [6.45, 7) is 0. The van der Waals surface area contributed by atoms with E-state index in [0.29, 0.717) is 16.8 Å². The minimum atomic E-state index is -0.244. The lowest BCUT2D eigenvalue weighted by Gasteiger charge is -2.18. The van der Waals surface area contributed by atoms with Gasteiger partial charge in [-0.15, -0.1) is 0 Å². The van der Waals surface area contributed by atoms with E-state index >= 15 is 0 Å². The third-order valence-electron chi connectivity index (χ3n) is 2.66. The summed E-state index contributed by atoms with van der Waals surface area (Å²) in [4.78, 5) is 17.5. The predicted molar refractivity (Wildman–Crippen MR) is 73.1 cm³/mol. The third-order valence-corrected chi connectivity index (χ3v) is 2.87. The number of carbonyl (C=O) groups excluding carboxylic acids is 1. The number of rotatable bonds is 2. The van der Waals surface area contributed by atoms with Crippen LogP contribution in [0.5, 0.6) is 0 Å². The number of aromatic nitrogens is 1. The van der Waals surface area contributed by atoms with Gasteiger partial charge in [0.25, 0.3) is 5.91 Å². The Morgan fingerprint density at radius 3 is 2.79 bits per heavy atom. The maximum Gasteiger partial charge on any atom is 0.258 e. The van der Waals surface area contributed by atoms with E-state index in [9.17, 15) is 4.79 Å². The molecule has 19 heavy (non-hydrogen) atoms. The van der Waals surface area contributed by atoms with E-state index in [1.807, 2.05) is 0 Å². The zero-order valence-corrected chi connectivity index (χ0v) is 10.9. The normalized spacial score (nSPS) is 9.74. The molecule has 1 heterocycles. The SMILES string of the molecule is CN(C(=O)c1ccnc(Cl)c1)c1ccccc1C#N. The molecule has 4 nitrogen and oxygen atoms in total. The average molecular weight is 272 g/mol. The summed E-state index contributed by atoms with van der Waals surface area (Å²) in [5.74, 6) is -0.244. The zero-order valence-electron chi connectivity index (χ0n) is 10.2. The summed E-state index contributed by atoms with van der Waals surface area (Å²) in [6.07, 6.45) is 1.47. The third kappa shape index (κ3) is 2.72. The van der Waals surface area contributed by atoms with Crippen molar-refractivity contribution in [3.05, 3.63) is 58.9 Å². The minimum Gasteiger partial charge on any atom is -0.310 e. The van der Waals surface area contributed by atoms with Crippen LogP contribution >= 0.6 is 11.6 Å². The first-order valence-corrected chi connectivity index (χ1v) is 5.90. The highest BCUT2D eigenvalue weighted by Gasteiger charge is 2.16. The van der Waals surface area contributed by atoms with Crippen molar-refractivity contribution in [3.63, 3.8) is 0 Å². The standard InChI is InChI=1S/C14H10ClN3O/c1-18(12-5-3-2-4-11(12)9-16)14(19)10-6-7-17-13(15)8-10/h2-8H,1H3. The van der Waals surface area contributed by atoms with E-state index in [1.54, 1.807) is 37.4 Å². The molecule has 0 N–H and O–H groups in total. The van der Waals surface area contributed by atoms with Crippen LogP contribution in [0.1, 0.15) is 15.9 Å². The van der Waals surface area contributed by atoms with E-state index in [4.69, 9.17) is 16.9 Å². The van der Waals surface area contributed by atoms with Gasteiger partial charge >= 0.3 is 0 Å². The molecular formula is C14H10ClN3O. The molecule has 1 amide bonds. The Kier molecular flexibility index (Phi) is 3.79. The molecule has 94 valence electrons. The molecule has 0 saturated carbocycles. The fourth-order valence-electron chi connectivity index (χ4n) is 1.70. The van der Waals surface area contributed by atoms with Crippen LogP contribution in [0.25, 0.3) is 0 Å². The van der Waals surface area contributed by atoms with Crippen molar-refractivity contribution >= 4 is 23.2 Å². The van der Waals surface area contributed by atoms with Crippen molar-refractivity contribution in [1.82, 2.24) is 4.98 Å². The minimum absolute atomic E-state index is 0.244. The van der Waals surface area contributed by atoms with Gasteiger partial charge in [-0.25, -0.2) is 4.98 Å². The van der Waals surface area contributed by atoms with Gasteiger partial charge in [0.2, 0.25) is 0 Å². The second-order valence-electron chi connectivity index (χ2n) is 3.86. The molecule has 1 aromatic carbocycles. The highest BCUT2D eigenvalue weighted by atomic mass is 35.5. The Hall–Kier alpha value is -2.38. The van der Waals surface area contributed by atoms with Gasteiger partial charge in [0.15, 0.2) is 0 Å². The molecule has 0 atom stereocenters. The van der Waals surface area contributed by atoms with Crippen molar-refractivity contribution in [2.45, 2.75) is 0 Å². The molecular weight excluding hydrogens is 262 g/mol. The van der Waals surface area contributed by atoms with Gasteiger partial charge in [-0.05, 0) is 24.3 Å². The predicted octanol–water partition coefficient (Wildman–Crippen LogP) is 2.88. The van der Waals surface area contributed by atoms with Gasteiger partial charge in [0, 0.05) is 18.8 Å². The van der Waals surface area contributed by atoms with Crippen LogP contribution in [0.4, 0.5) is 5.69 Å². The molecule has 0 fully saturated rings. The van der Waals surface area contributed by atoms with Gasteiger partial charge in [0.1, 0.15) is 11.2 Å². The number of nitriles is 1. The number of anilines is 1. The Bertz CT molecular complexity index is 664. The van der Waals surface area contributed by atoms with Crippen molar-refractivity contribution < 1.29 is 4.79 Å². The second kappa shape index (κ2) is 5.51. The monoisotopic (exact) mass is 271 g/mol. The van der Waals surface area contributed by atoms with E-state index < -0.39 is 0 Å². The summed E-state index contributed by atoms with van der Waals surface area (Å²) in [5, 5.41) is 9.30. The number of amides is 1. The molecule has 0 bridgehead atoms. The first kappa shape index (κ1) is 13.1. The number of pyridine rings is 1. The maximum absolute atomic E-state index is 12.3. The quantitative estimate of drug-likeness (QED) is 0.789. The molecule has 0 saturated heterocycles. The van der Waals surface area contributed by atoms with Gasteiger partial charge in [-0.1, -0.05) is 23.7 Å². The Labute approximate surface area is 115 Å². The van der Waals surface area contributed by atoms with Gasteiger partial charge in [-0.3, -0.25) is 4.79 Å². The highest BCUT2D eigenvalue weighted by molar-refractivity contribution is 6.29. The lowest BCUT2D eigenvalue weighted by atomic mass is 10.1. The molecule has 0 aliphatic carbocycles. The molecule has 0 aliphatic rings. The lowest BCUT2D eigenvalue weighted by Crippen LogP contribution is -2.27. The van der Waals surface area contributed by atoms with Crippen LogP contribution in [0.15, 0.2) is 42.6 Å². The number of halogens is 1. The molecule has 0 unspecified atom stereocenters. The van der Waals surface area contributed by atoms with Crippen LogP contribution in [-0.2, 0) is 0 Å². The lowest BCUT2D eigenvalue weighted by molar-refractivity contribution is 0.0993. The fraction of sp³-hybridized carbons (Fsp3) is 0.0714. The van der Waals surface area contributed by atoms with Crippen LogP contribution in [0.2, 0.25) is 5.15 Å². The van der Waals surface area contributed by atoms with E-state index in [2.05, 4.69) is 11.1 Å². The van der Waals surface area contributed by atoms with Gasteiger partial charge in [0.05, 0.1) is 11.3 Å². The maximum atomic E-state index is 12.3. The van der Waals surface area contributed by atoms with Crippen molar-refractivity contribution in [2.75, 3.05) is 11.9 Å². The molecule has 1 aromatic heterocycles. The number of hydrogen-bond donors (Lipinski definition) is 0. The van der Waals surface area contributed by atoms with Crippen molar-refractivity contribution in [3.8, 4) is 6.07 Å². The first-order valence-electron chi connectivity index (χ1n) is 5.52. The fourth-order valence-corrected chi connectivity index (χ4v) is 1.87. The summed E-state index contributed by atoms with van der Waals surface area (Å²) in [7, 11) is 1.62. The number of nitrogens with zero attached hydrogens (tertiary/aromatic N) is 3. The first-order chi connectivity index (χ1) is 9.13. The van der Waals surface area contributed by atoms with E-state index in [1.165, 1.54) is 17.2 Å². The average Bonchev–Trinajstić information content (AvgIpc) is 2.45. The Morgan fingerprint density at radius 2 is 2.11 bits per heavy atom. The number of carbonyl (C=O) groups is 1. The molecule has 0 aliphatic heterocycles. The summed E-state index contributed by atoms with van der Waals surface area (Å²) in [6, 6.07) is 12.1. The van der Waals surface area contributed by atoms with E-state index in [0.717, 1.165) is 0 Å². The molecule has 0 radical (unpaired) electrons. The number of benzene rings is 1. The molecule has 2 rings (SSSR count). The van der Waals surface area contributed by atoms with Crippen molar-refractivity contribution in [1.29, 1.82) is 5.26 Å². The van der Waals surface area contributed by atoms with Crippen LogP contribution < -0.4 is 4.90 Å². The van der Waals surface area contributed by atoms with Crippen LogP contribution in [0.3, 0.4) is 0 Å². The number of para-hydroxylation sites is 1. The summed E-state index contributed by atoms with van der Waals surface area (Å²) < 4.78 is 0. The molecule has 0 spiro atoms. The second-order valence-corrected chi connectivity index (χ2v) is 4.25. The summed E-state index contributed by atoms with van der Waals surface area (Å²) >= 11 is 5.76. The summed E-state index contributed by atoms with van der Waals surface area (Å²) in [5.41, 5.74) is 1.43. The smallest absolute Gasteiger partial charge is 0.258 e. The highest BCUT2D eigenvalue weighted by Crippen LogP contribution is 2.20. The van der Waals surface area contributed by atoms with Crippen LogP contribution in [-0.4, -0.2) is 17.9 Å². The van der Waals surface area contributed by atoms with Crippen molar-refractivity contribution in [2.24, 2.45) is 0 Å². The largest absolute Gasteiger partial charge is 0.310 e. The Morgan fingerprint density at radius 1 is 1.37 bits per heavy atom.